The van der Waals surface area contributed by atoms with Gasteiger partial charge in [0.05, 0.1) is 11.4 Å². The van der Waals surface area contributed by atoms with Gasteiger partial charge in [-0.2, -0.15) is 0 Å². The minimum Gasteiger partial charge on any atom is -0.299 e. The molecule has 0 fully saturated rings. The van der Waals surface area contributed by atoms with E-state index in [-0.39, 0.29) is 0 Å². The van der Waals surface area contributed by atoms with E-state index < -0.39 is 0 Å². The lowest BCUT2D eigenvalue weighted by atomic mass is 10.0. The normalized spacial score (nSPS) is 11.0. The molecule has 2 heterocycles. The smallest absolute Gasteiger partial charge is 0.137 e. The summed E-state index contributed by atoms with van der Waals surface area (Å²) in [6.45, 7) is 0. The molecular formula is C19H12Cl2N2. The summed E-state index contributed by atoms with van der Waals surface area (Å²) in [5.41, 5.74) is 4.78. The van der Waals surface area contributed by atoms with Crippen molar-refractivity contribution in [2.75, 3.05) is 0 Å². The third-order valence-corrected chi connectivity index (χ3v) is 4.15. The van der Waals surface area contributed by atoms with E-state index in [0.29, 0.717) is 10.0 Å². The SMILES string of the molecule is Clc1cc(Cl)cc(-c2nc3ccccn3c2-c2ccccc2)c1. The number of benzene rings is 2. The molecule has 0 bridgehead atoms. The first-order valence-electron chi connectivity index (χ1n) is 7.21. The molecule has 23 heavy (non-hydrogen) atoms. The van der Waals surface area contributed by atoms with Crippen molar-refractivity contribution in [2.24, 2.45) is 0 Å². The fraction of sp³-hybridized carbons (Fsp3) is 0. The Morgan fingerprint density at radius 2 is 1.43 bits per heavy atom. The number of hydrogen-bond acceptors (Lipinski definition) is 1. The van der Waals surface area contributed by atoms with Crippen LogP contribution in [-0.4, -0.2) is 9.38 Å². The quantitative estimate of drug-likeness (QED) is 0.439. The van der Waals surface area contributed by atoms with Crippen molar-refractivity contribution in [3.05, 3.63) is 83.0 Å². The van der Waals surface area contributed by atoms with E-state index in [1.807, 2.05) is 54.7 Å². The number of fused-ring (bicyclic) bond motifs is 1. The molecule has 0 aliphatic heterocycles. The maximum absolute atomic E-state index is 6.18. The number of nitrogens with zero attached hydrogens (tertiary/aromatic N) is 2. The van der Waals surface area contributed by atoms with Gasteiger partial charge in [0.25, 0.3) is 0 Å². The Bertz CT molecular complexity index is 971. The topological polar surface area (TPSA) is 17.3 Å². The van der Waals surface area contributed by atoms with Crippen LogP contribution in [0.3, 0.4) is 0 Å². The molecule has 0 amide bonds. The molecule has 0 spiro atoms. The van der Waals surface area contributed by atoms with E-state index in [4.69, 9.17) is 28.2 Å². The second kappa shape index (κ2) is 5.73. The fourth-order valence-electron chi connectivity index (χ4n) is 2.76. The number of aromatic nitrogens is 2. The van der Waals surface area contributed by atoms with Gasteiger partial charge in [-0.1, -0.05) is 59.6 Å². The first-order valence-corrected chi connectivity index (χ1v) is 7.97. The molecule has 0 saturated heterocycles. The molecule has 2 aromatic carbocycles. The minimum absolute atomic E-state index is 0.601. The van der Waals surface area contributed by atoms with Crippen LogP contribution in [0.15, 0.2) is 72.9 Å². The summed E-state index contributed by atoms with van der Waals surface area (Å²) in [6.07, 6.45) is 2.01. The van der Waals surface area contributed by atoms with Gasteiger partial charge >= 0.3 is 0 Å². The highest BCUT2D eigenvalue weighted by molar-refractivity contribution is 6.35. The Morgan fingerprint density at radius 1 is 0.739 bits per heavy atom. The van der Waals surface area contributed by atoms with E-state index in [1.165, 1.54) is 0 Å². The molecule has 0 aliphatic rings. The highest BCUT2D eigenvalue weighted by Crippen LogP contribution is 2.35. The zero-order valence-corrected chi connectivity index (χ0v) is 13.6. The molecule has 0 unspecified atom stereocenters. The van der Waals surface area contributed by atoms with Gasteiger partial charge < -0.3 is 0 Å². The van der Waals surface area contributed by atoms with Crippen LogP contribution in [0.25, 0.3) is 28.2 Å². The predicted molar refractivity (Wildman–Crippen MR) is 96.1 cm³/mol. The third kappa shape index (κ3) is 2.61. The van der Waals surface area contributed by atoms with Crippen molar-refractivity contribution in [3.63, 3.8) is 0 Å². The zero-order valence-electron chi connectivity index (χ0n) is 12.1. The molecule has 112 valence electrons. The fourth-order valence-corrected chi connectivity index (χ4v) is 3.29. The zero-order chi connectivity index (χ0) is 15.8. The summed E-state index contributed by atoms with van der Waals surface area (Å²) in [5.74, 6) is 0. The monoisotopic (exact) mass is 338 g/mol. The summed E-state index contributed by atoms with van der Waals surface area (Å²) in [5, 5.41) is 1.20. The third-order valence-electron chi connectivity index (χ3n) is 3.71. The van der Waals surface area contributed by atoms with Crippen molar-refractivity contribution in [1.29, 1.82) is 0 Å². The van der Waals surface area contributed by atoms with E-state index in [1.54, 1.807) is 6.07 Å². The number of pyridine rings is 1. The minimum atomic E-state index is 0.601. The summed E-state index contributed by atoms with van der Waals surface area (Å²) >= 11 is 12.4. The maximum atomic E-state index is 6.18. The standard InChI is InChI=1S/C19H12Cl2N2/c20-15-10-14(11-16(21)12-15)18-19(13-6-2-1-3-7-13)23-9-5-4-8-17(23)22-18/h1-12H. The Hall–Kier alpha value is -2.29. The van der Waals surface area contributed by atoms with Crippen LogP contribution in [0, 0.1) is 0 Å². The summed E-state index contributed by atoms with van der Waals surface area (Å²) in [6, 6.07) is 21.7. The maximum Gasteiger partial charge on any atom is 0.137 e. The highest BCUT2D eigenvalue weighted by Gasteiger charge is 2.16. The lowest BCUT2D eigenvalue weighted by Crippen LogP contribution is -1.89. The number of imidazole rings is 1. The van der Waals surface area contributed by atoms with Crippen molar-refractivity contribution < 1.29 is 0 Å². The van der Waals surface area contributed by atoms with Gasteiger partial charge in [-0.3, -0.25) is 4.40 Å². The van der Waals surface area contributed by atoms with Gasteiger partial charge in [0.2, 0.25) is 0 Å². The molecule has 0 atom stereocenters. The second-order valence-electron chi connectivity index (χ2n) is 5.26. The van der Waals surface area contributed by atoms with Gasteiger partial charge in [-0.25, -0.2) is 4.98 Å². The highest BCUT2D eigenvalue weighted by atomic mass is 35.5. The van der Waals surface area contributed by atoms with Gasteiger partial charge in [-0.15, -0.1) is 0 Å². The Kier molecular flexibility index (Phi) is 3.56. The number of rotatable bonds is 2. The average Bonchev–Trinajstić information content (AvgIpc) is 2.94. The van der Waals surface area contributed by atoms with E-state index in [2.05, 4.69) is 16.5 Å². The first kappa shape index (κ1) is 14.3. The molecule has 2 nitrogen and oxygen atoms in total. The van der Waals surface area contributed by atoms with Crippen LogP contribution in [-0.2, 0) is 0 Å². The van der Waals surface area contributed by atoms with Crippen molar-refractivity contribution in [3.8, 4) is 22.5 Å². The average molecular weight is 339 g/mol. The predicted octanol–water partition coefficient (Wildman–Crippen LogP) is 5.98. The summed E-state index contributed by atoms with van der Waals surface area (Å²) in [7, 11) is 0. The number of halogens is 2. The lowest BCUT2D eigenvalue weighted by molar-refractivity contribution is 1.19. The first-order chi connectivity index (χ1) is 11.2. The van der Waals surface area contributed by atoms with Crippen molar-refractivity contribution >= 4 is 28.8 Å². The van der Waals surface area contributed by atoms with Crippen LogP contribution >= 0.6 is 23.2 Å². The molecule has 0 radical (unpaired) electrons. The Balaban J connectivity index is 2.07. The molecule has 4 heteroatoms. The van der Waals surface area contributed by atoms with Gasteiger partial charge in [0, 0.05) is 27.4 Å². The largest absolute Gasteiger partial charge is 0.299 e. The Labute approximate surface area is 143 Å². The van der Waals surface area contributed by atoms with Crippen LogP contribution in [0.2, 0.25) is 10.0 Å². The van der Waals surface area contributed by atoms with E-state index in [9.17, 15) is 0 Å². The van der Waals surface area contributed by atoms with Gasteiger partial charge in [-0.05, 0) is 30.3 Å². The molecule has 0 saturated carbocycles. The molecular weight excluding hydrogens is 327 g/mol. The molecule has 2 aromatic heterocycles. The molecule has 0 aliphatic carbocycles. The molecule has 4 aromatic rings. The van der Waals surface area contributed by atoms with Gasteiger partial charge in [0.1, 0.15) is 5.65 Å². The van der Waals surface area contributed by atoms with E-state index >= 15 is 0 Å². The van der Waals surface area contributed by atoms with Crippen molar-refractivity contribution in [2.45, 2.75) is 0 Å². The van der Waals surface area contributed by atoms with Crippen LogP contribution in [0.4, 0.5) is 0 Å². The molecule has 4 rings (SSSR count). The molecule has 0 N–H and O–H groups in total. The number of hydrogen-bond donors (Lipinski definition) is 0. The summed E-state index contributed by atoms with van der Waals surface area (Å²) in [4.78, 5) is 4.79. The second-order valence-corrected chi connectivity index (χ2v) is 6.13. The van der Waals surface area contributed by atoms with Crippen LogP contribution in [0.1, 0.15) is 0 Å². The van der Waals surface area contributed by atoms with E-state index in [0.717, 1.165) is 28.2 Å². The Morgan fingerprint density at radius 3 is 2.17 bits per heavy atom. The lowest BCUT2D eigenvalue weighted by Gasteiger charge is -2.06. The van der Waals surface area contributed by atoms with Crippen LogP contribution < -0.4 is 0 Å². The van der Waals surface area contributed by atoms with Crippen LogP contribution in [0.5, 0.6) is 0 Å². The van der Waals surface area contributed by atoms with Crippen molar-refractivity contribution in [1.82, 2.24) is 9.38 Å². The van der Waals surface area contributed by atoms with Gasteiger partial charge in [0.15, 0.2) is 0 Å². The summed E-state index contributed by atoms with van der Waals surface area (Å²) < 4.78 is 2.08.